The van der Waals surface area contributed by atoms with E-state index in [0.29, 0.717) is 12.0 Å². The quantitative estimate of drug-likeness (QED) is 0.781. The molecule has 0 aliphatic carbocycles. The molecule has 0 aromatic carbocycles. The van der Waals surface area contributed by atoms with E-state index in [2.05, 4.69) is 42.8 Å². The summed E-state index contributed by atoms with van der Waals surface area (Å²) in [6.45, 7) is 8.91. The van der Waals surface area contributed by atoms with E-state index in [4.69, 9.17) is 5.73 Å². The molecule has 0 radical (unpaired) electrons. The Morgan fingerprint density at radius 1 is 1.44 bits per heavy atom. The fourth-order valence-electron chi connectivity index (χ4n) is 1.73. The molecule has 2 N–H and O–H groups in total. The molecule has 1 unspecified atom stereocenters. The molecule has 0 amide bonds. The zero-order valence-electron chi connectivity index (χ0n) is 10.7. The molecule has 5 heteroatoms. The highest BCUT2D eigenvalue weighted by Gasteiger charge is 2.11. The molecule has 0 saturated carbocycles. The highest BCUT2D eigenvalue weighted by atomic mass is 15.4. The van der Waals surface area contributed by atoms with Crippen molar-refractivity contribution in [2.24, 2.45) is 11.7 Å². The molecule has 0 spiro atoms. The Bertz CT molecular complexity index is 307. The van der Waals surface area contributed by atoms with E-state index >= 15 is 0 Å². The fourth-order valence-corrected chi connectivity index (χ4v) is 1.73. The fraction of sp³-hybridized carbons (Fsp3) is 0.818. The van der Waals surface area contributed by atoms with E-state index in [1.807, 2.05) is 4.68 Å². The van der Waals surface area contributed by atoms with Gasteiger partial charge >= 0.3 is 0 Å². The summed E-state index contributed by atoms with van der Waals surface area (Å²) in [6.07, 6.45) is 1.62. The van der Waals surface area contributed by atoms with Crippen molar-refractivity contribution in [3.8, 4) is 0 Å². The Hall–Kier alpha value is -0.940. The van der Waals surface area contributed by atoms with E-state index in [-0.39, 0.29) is 0 Å². The second-order valence-electron chi connectivity index (χ2n) is 4.75. The van der Waals surface area contributed by atoms with Crippen molar-refractivity contribution in [3.63, 3.8) is 0 Å². The first-order valence-corrected chi connectivity index (χ1v) is 5.81. The van der Waals surface area contributed by atoms with Gasteiger partial charge in [0.1, 0.15) is 12.2 Å². The average Bonchev–Trinajstić information content (AvgIpc) is 2.65. The van der Waals surface area contributed by atoms with Crippen molar-refractivity contribution < 1.29 is 0 Å². The van der Waals surface area contributed by atoms with E-state index in [1.165, 1.54) is 0 Å². The Labute approximate surface area is 97.6 Å². The summed E-state index contributed by atoms with van der Waals surface area (Å²) in [5.41, 5.74) is 5.61. The maximum atomic E-state index is 5.61. The second-order valence-corrected chi connectivity index (χ2v) is 4.75. The minimum absolute atomic E-state index is 0.359. The van der Waals surface area contributed by atoms with Crippen LogP contribution in [0.2, 0.25) is 0 Å². The van der Waals surface area contributed by atoms with Crippen molar-refractivity contribution >= 4 is 0 Å². The summed E-state index contributed by atoms with van der Waals surface area (Å²) in [6, 6.07) is 0.359. The Morgan fingerprint density at radius 3 is 2.69 bits per heavy atom. The molecule has 0 fully saturated rings. The van der Waals surface area contributed by atoms with Crippen LogP contribution in [0, 0.1) is 5.92 Å². The largest absolute Gasteiger partial charge is 0.330 e. The maximum Gasteiger partial charge on any atom is 0.141 e. The van der Waals surface area contributed by atoms with E-state index in [0.717, 1.165) is 25.5 Å². The van der Waals surface area contributed by atoms with Gasteiger partial charge in [0.05, 0.1) is 6.54 Å². The van der Waals surface area contributed by atoms with Gasteiger partial charge in [-0.25, -0.2) is 9.67 Å². The molecule has 5 nitrogen and oxygen atoms in total. The molecule has 0 bridgehead atoms. The Kier molecular flexibility index (Phi) is 4.89. The van der Waals surface area contributed by atoms with Crippen LogP contribution in [0.4, 0.5) is 0 Å². The topological polar surface area (TPSA) is 60.0 Å². The molecule has 0 aliphatic heterocycles. The van der Waals surface area contributed by atoms with Gasteiger partial charge in [-0.05, 0) is 33.4 Å². The summed E-state index contributed by atoms with van der Waals surface area (Å²) in [7, 11) is 2.09. The number of aromatic nitrogens is 3. The van der Waals surface area contributed by atoms with Crippen molar-refractivity contribution in [1.82, 2.24) is 19.7 Å². The van der Waals surface area contributed by atoms with Crippen LogP contribution in [0.1, 0.15) is 32.6 Å². The third kappa shape index (κ3) is 3.57. The van der Waals surface area contributed by atoms with Crippen LogP contribution in [-0.4, -0.2) is 39.8 Å². The van der Waals surface area contributed by atoms with Crippen LogP contribution in [0.3, 0.4) is 0 Å². The van der Waals surface area contributed by atoms with Gasteiger partial charge in [-0.15, -0.1) is 0 Å². The van der Waals surface area contributed by atoms with Crippen LogP contribution < -0.4 is 5.73 Å². The third-order valence-corrected chi connectivity index (χ3v) is 2.57. The molecule has 1 aromatic rings. The molecule has 1 heterocycles. The molecule has 0 saturated heterocycles. The minimum atomic E-state index is 0.359. The van der Waals surface area contributed by atoms with Crippen LogP contribution in [-0.2, 0) is 6.54 Å². The van der Waals surface area contributed by atoms with Crippen LogP contribution in [0.5, 0.6) is 0 Å². The SMILES string of the molecule is CC(CN)CN(C)Cc1ncnn1C(C)C. The summed E-state index contributed by atoms with van der Waals surface area (Å²) >= 11 is 0. The van der Waals surface area contributed by atoms with Gasteiger partial charge in [-0.1, -0.05) is 6.92 Å². The molecular formula is C11H23N5. The first kappa shape index (κ1) is 13.1. The van der Waals surface area contributed by atoms with E-state index in [1.54, 1.807) is 6.33 Å². The highest BCUT2D eigenvalue weighted by Crippen LogP contribution is 2.08. The summed E-state index contributed by atoms with van der Waals surface area (Å²) in [5.74, 6) is 1.53. The third-order valence-electron chi connectivity index (χ3n) is 2.57. The molecule has 1 aromatic heterocycles. The van der Waals surface area contributed by atoms with Gasteiger partial charge in [0.15, 0.2) is 0 Å². The molecular weight excluding hydrogens is 202 g/mol. The average molecular weight is 225 g/mol. The lowest BCUT2D eigenvalue weighted by molar-refractivity contribution is 0.268. The smallest absolute Gasteiger partial charge is 0.141 e. The van der Waals surface area contributed by atoms with Gasteiger partial charge in [0.2, 0.25) is 0 Å². The number of hydrogen-bond acceptors (Lipinski definition) is 4. The predicted octanol–water partition coefficient (Wildman–Crippen LogP) is 0.886. The van der Waals surface area contributed by atoms with Crippen molar-refractivity contribution in [1.29, 1.82) is 0 Å². The standard InChI is InChI=1S/C11H23N5/c1-9(2)16-11(13-8-14-16)7-15(4)6-10(3)5-12/h8-10H,5-7,12H2,1-4H3. The van der Waals surface area contributed by atoms with E-state index in [9.17, 15) is 0 Å². The number of nitrogens with two attached hydrogens (primary N) is 1. The van der Waals surface area contributed by atoms with Gasteiger partial charge in [0.25, 0.3) is 0 Å². The summed E-state index contributed by atoms with van der Waals surface area (Å²) in [5, 5.41) is 4.22. The number of rotatable bonds is 6. The molecule has 1 atom stereocenters. The predicted molar refractivity (Wildman–Crippen MR) is 65.0 cm³/mol. The number of nitrogens with zero attached hydrogens (tertiary/aromatic N) is 4. The zero-order valence-corrected chi connectivity index (χ0v) is 10.7. The van der Waals surface area contributed by atoms with Crippen LogP contribution in [0.25, 0.3) is 0 Å². The van der Waals surface area contributed by atoms with Gasteiger partial charge in [0, 0.05) is 12.6 Å². The Balaban J connectivity index is 2.55. The summed E-state index contributed by atoms with van der Waals surface area (Å²) in [4.78, 5) is 6.53. The van der Waals surface area contributed by atoms with Gasteiger partial charge < -0.3 is 5.73 Å². The van der Waals surface area contributed by atoms with Crippen LogP contribution in [0.15, 0.2) is 6.33 Å². The minimum Gasteiger partial charge on any atom is -0.330 e. The first-order valence-electron chi connectivity index (χ1n) is 5.81. The monoisotopic (exact) mass is 225 g/mol. The normalized spacial score (nSPS) is 13.7. The molecule has 16 heavy (non-hydrogen) atoms. The number of hydrogen-bond donors (Lipinski definition) is 1. The van der Waals surface area contributed by atoms with Crippen molar-refractivity contribution in [2.45, 2.75) is 33.4 Å². The lowest BCUT2D eigenvalue weighted by Gasteiger charge is -2.20. The van der Waals surface area contributed by atoms with Crippen LogP contribution >= 0.6 is 0 Å². The molecule has 1 rings (SSSR count). The van der Waals surface area contributed by atoms with Gasteiger partial charge in [-0.2, -0.15) is 5.10 Å². The van der Waals surface area contributed by atoms with E-state index < -0.39 is 0 Å². The highest BCUT2D eigenvalue weighted by molar-refractivity contribution is 4.86. The molecule has 0 aliphatic rings. The van der Waals surface area contributed by atoms with Gasteiger partial charge in [-0.3, -0.25) is 4.90 Å². The molecule has 92 valence electrons. The first-order chi connectivity index (χ1) is 7.54. The maximum absolute atomic E-state index is 5.61. The van der Waals surface area contributed by atoms with Crippen molar-refractivity contribution in [2.75, 3.05) is 20.1 Å². The lowest BCUT2D eigenvalue weighted by atomic mass is 10.2. The Morgan fingerprint density at radius 2 is 2.12 bits per heavy atom. The second kappa shape index (κ2) is 5.96. The van der Waals surface area contributed by atoms with Crippen molar-refractivity contribution in [3.05, 3.63) is 12.2 Å². The lowest BCUT2D eigenvalue weighted by Crippen LogP contribution is -2.29. The summed E-state index contributed by atoms with van der Waals surface area (Å²) < 4.78 is 1.96. The zero-order chi connectivity index (χ0) is 12.1.